The molecule has 4 unspecified atom stereocenters. The van der Waals surface area contributed by atoms with Crippen molar-refractivity contribution < 1.29 is 0 Å². The Kier molecular flexibility index (Phi) is 3.14. The molecule has 0 N–H and O–H groups in total. The van der Waals surface area contributed by atoms with E-state index < -0.39 is 0 Å². The lowest BCUT2D eigenvalue weighted by Crippen LogP contribution is -2.22. The maximum Gasteiger partial charge on any atom is -0.0175 e. The minimum atomic E-state index is 0.810. The molecule has 0 aliphatic heterocycles. The summed E-state index contributed by atoms with van der Waals surface area (Å²) in [6.45, 7) is 12.0. The van der Waals surface area contributed by atoms with Gasteiger partial charge in [0.05, 0.1) is 0 Å². The molecule has 0 bridgehead atoms. The molecule has 94 valence electrons. The number of rotatable bonds is 7. The van der Waals surface area contributed by atoms with Crippen molar-refractivity contribution in [2.45, 2.75) is 73.1 Å². The monoisotopic (exact) mass is 222 g/mol. The summed E-state index contributed by atoms with van der Waals surface area (Å²) in [4.78, 5) is 0. The van der Waals surface area contributed by atoms with Gasteiger partial charge in [0.1, 0.15) is 0 Å². The Morgan fingerprint density at radius 2 is 1.81 bits per heavy atom. The molecule has 0 amide bonds. The molecule has 2 aliphatic rings. The summed E-state index contributed by atoms with van der Waals surface area (Å²) in [6.07, 6.45) is 8.79. The summed E-state index contributed by atoms with van der Waals surface area (Å²) in [5, 5.41) is 0. The quantitative estimate of drug-likeness (QED) is 0.550. The van der Waals surface area contributed by atoms with Crippen LogP contribution in [0.4, 0.5) is 0 Å². The molecule has 0 heterocycles. The first-order valence-corrected chi connectivity index (χ1v) is 7.56. The minimum Gasteiger partial charge on any atom is -0.0654 e. The van der Waals surface area contributed by atoms with Gasteiger partial charge in [0, 0.05) is 0 Å². The van der Waals surface area contributed by atoms with Crippen LogP contribution in [0.15, 0.2) is 0 Å². The van der Waals surface area contributed by atoms with E-state index >= 15 is 0 Å². The van der Waals surface area contributed by atoms with Crippen molar-refractivity contribution in [3.63, 3.8) is 0 Å². The van der Waals surface area contributed by atoms with Crippen molar-refractivity contribution in [1.29, 1.82) is 0 Å². The molecule has 4 atom stereocenters. The van der Waals surface area contributed by atoms with E-state index in [1.165, 1.54) is 38.5 Å². The molecule has 0 heteroatoms. The molecule has 0 spiro atoms. The van der Waals surface area contributed by atoms with Gasteiger partial charge in [0.2, 0.25) is 0 Å². The molecule has 2 aliphatic carbocycles. The van der Waals surface area contributed by atoms with E-state index in [2.05, 4.69) is 34.6 Å². The van der Waals surface area contributed by atoms with E-state index in [-0.39, 0.29) is 0 Å². The van der Waals surface area contributed by atoms with Gasteiger partial charge < -0.3 is 0 Å². The third-order valence-corrected chi connectivity index (χ3v) is 5.88. The molecule has 2 rings (SSSR count). The molecule has 0 saturated heterocycles. The zero-order valence-electron chi connectivity index (χ0n) is 12.0. The molecular weight excluding hydrogens is 192 g/mol. The van der Waals surface area contributed by atoms with Gasteiger partial charge in [0.15, 0.2) is 0 Å². The van der Waals surface area contributed by atoms with Crippen LogP contribution in [-0.4, -0.2) is 0 Å². The number of fused-ring (bicyclic) bond motifs is 1. The first-order chi connectivity index (χ1) is 7.56. The van der Waals surface area contributed by atoms with Gasteiger partial charge in [-0.3, -0.25) is 0 Å². The smallest absolute Gasteiger partial charge is 0.0175 e. The van der Waals surface area contributed by atoms with Crippen LogP contribution in [0.5, 0.6) is 0 Å². The third-order valence-electron chi connectivity index (χ3n) is 5.88. The van der Waals surface area contributed by atoms with Crippen LogP contribution in [0.3, 0.4) is 0 Å². The van der Waals surface area contributed by atoms with Crippen molar-refractivity contribution in [1.82, 2.24) is 0 Å². The summed E-state index contributed by atoms with van der Waals surface area (Å²) < 4.78 is 0. The average molecular weight is 222 g/mol. The zero-order valence-corrected chi connectivity index (χ0v) is 12.0. The van der Waals surface area contributed by atoms with Crippen LogP contribution in [-0.2, 0) is 0 Å². The van der Waals surface area contributed by atoms with Crippen LogP contribution >= 0.6 is 0 Å². The predicted molar refractivity (Wildman–Crippen MR) is 71.4 cm³/mol. The van der Waals surface area contributed by atoms with Gasteiger partial charge in [-0.15, -0.1) is 0 Å². The predicted octanol–water partition coefficient (Wildman–Crippen LogP) is 5.28. The van der Waals surface area contributed by atoms with E-state index in [0.29, 0.717) is 0 Å². The van der Waals surface area contributed by atoms with E-state index in [0.717, 1.165) is 28.6 Å². The van der Waals surface area contributed by atoms with Crippen LogP contribution in [0, 0.1) is 28.6 Å². The molecule has 2 fully saturated rings. The summed E-state index contributed by atoms with van der Waals surface area (Å²) >= 11 is 0. The first kappa shape index (κ1) is 12.5. The minimum absolute atomic E-state index is 0.810. The Morgan fingerprint density at radius 1 is 1.12 bits per heavy atom. The Bertz CT molecular complexity index is 255. The zero-order chi connectivity index (χ0) is 12.0. The van der Waals surface area contributed by atoms with Crippen LogP contribution in [0.25, 0.3) is 0 Å². The Balaban J connectivity index is 1.89. The summed E-state index contributed by atoms with van der Waals surface area (Å²) in [6, 6.07) is 0. The van der Waals surface area contributed by atoms with Crippen molar-refractivity contribution in [2.75, 3.05) is 0 Å². The van der Waals surface area contributed by atoms with Gasteiger partial charge in [-0.25, -0.2) is 0 Å². The second kappa shape index (κ2) is 4.03. The Morgan fingerprint density at radius 3 is 2.19 bits per heavy atom. The van der Waals surface area contributed by atoms with E-state index in [1.807, 2.05) is 0 Å². The second-order valence-corrected chi connectivity index (χ2v) is 6.85. The second-order valence-electron chi connectivity index (χ2n) is 6.85. The molecule has 16 heavy (non-hydrogen) atoms. The SMILES string of the molecule is CCCC1(CCCC(C)C)C2C(C)C21CC. The van der Waals surface area contributed by atoms with E-state index in [4.69, 9.17) is 0 Å². The highest BCUT2D eigenvalue weighted by molar-refractivity contribution is 5.37. The lowest BCUT2D eigenvalue weighted by Gasteiger charge is -2.30. The molecule has 0 aromatic rings. The van der Waals surface area contributed by atoms with Crippen LogP contribution in [0.2, 0.25) is 0 Å². The fourth-order valence-electron chi connectivity index (χ4n) is 5.26. The Labute approximate surface area is 102 Å². The van der Waals surface area contributed by atoms with E-state index in [1.54, 1.807) is 0 Å². The first-order valence-electron chi connectivity index (χ1n) is 7.56. The molecule has 2 saturated carbocycles. The van der Waals surface area contributed by atoms with Gasteiger partial charge in [-0.05, 0) is 47.8 Å². The Hall–Kier alpha value is 0. The van der Waals surface area contributed by atoms with Crippen molar-refractivity contribution in [3.8, 4) is 0 Å². The molecule has 0 aromatic heterocycles. The highest BCUT2D eigenvalue weighted by Gasteiger charge is 2.90. The normalized spacial score (nSPS) is 44.6. The molecular formula is C16H30. The largest absolute Gasteiger partial charge is 0.0654 e. The lowest BCUT2D eigenvalue weighted by atomic mass is 9.74. The standard InChI is InChI=1S/C16H30/c1-6-10-15(11-8-9-12(3)4)14-13(5)16(14,15)7-2/h12-14H,6-11H2,1-5H3. The fraction of sp³-hybridized carbons (Fsp3) is 1.00. The average Bonchev–Trinajstić information content (AvgIpc) is 3.04. The maximum atomic E-state index is 2.49. The summed E-state index contributed by atoms with van der Waals surface area (Å²) in [5.41, 5.74) is 1.63. The van der Waals surface area contributed by atoms with Gasteiger partial charge in [0.25, 0.3) is 0 Å². The van der Waals surface area contributed by atoms with Gasteiger partial charge in [-0.2, -0.15) is 0 Å². The van der Waals surface area contributed by atoms with Crippen molar-refractivity contribution >= 4 is 0 Å². The maximum absolute atomic E-state index is 2.49. The molecule has 0 aromatic carbocycles. The van der Waals surface area contributed by atoms with Gasteiger partial charge >= 0.3 is 0 Å². The number of hydrogen-bond acceptors (Lipinski definition) is 0. The fourth-order valence-corrected chi connectivity index (χ4v) is 5.26. The highest BCUT2D eigenvalue weighted by Crippen LogP contribution is 2.95. The topological polar surface area (TPSA) is 0 Å². The van der Waals surface area contributed by atoms with E-state index in [9.17, 15) is 0 Å². The lowest BCUT2D eigenvalue weighted by molar-refractivity contribution is 0.188. The van der Waals surface area contributed by atoms with Crippen LogP contribution in [0.1, 0.15) is 73.1 Å². The summed E-state index contributed by atoms with van der Waals surface area (Å²) in [5.74, 6) is 3.07. The van der Waals surface area contributed by atoms with Crippen LogP contribution < -0.4 is 0 Å². The van der Waals surface area contributed by atoms with Crippen molar-refractivity contribution in [3.05, 3.63) is 0 Å². The highest BCUT2D eigenvalue weighted by atomic mass is 14.9. The number of hydrogen-bond donors (Lipinski definition) is 0. The van der Waals surface area contributed by atoms with Gasteiger partial charge in [-0.1, -0.05) is 53.9 Å². The molecule has 0 nitrogen and oxygen atoms in total. The third kappa shape index (κ3) is 1.41. The summed E-state index contributed by atoms with van der Waals surface area (Å²) in [7, 11) is 0. The van der Waals surface area contributed by atoms with Crippen molar-refractivity contribution in [2.24, 2.45) is 28.6 Å². The molecule has 0 radical (unpaired) electrons.